The highest BCUT2D eigenvalue weighted by Crippen LogP contribution is 2.22. The molecule has 1 amide bonds. The van der Waals surface area contributed by atoms with Crippen LogP contribution >= 0.6 is 0 Å². The van der Waals surface area contributed by atoms with Crippen molar-refractivity contribution in [2.75, 3.05) is 5.32 Å². The van der Waals surface area contributed by atoms with Crippen LogP contribution in [0.4, 0.5) is 10.1 Å². The van der Waals surface area contributed by atoms with Crippen LogP contribution in [0, 0.1) is 12.7 Å². The fourth-order valence-electron chi connectivity index (χ4n) is 2.85. The third-order valence-electron chi connectivity index (χ3n) is 4.19. The van der Waals surface area contributed by atoms with Gasteiger partial charge < -0.3 is 5.32 Å². The number of aromatic nitrogens is 3. The van der Waals surface area contributed by atoms with Gasteiger partial charge in [-0.2, -0.15) is 0 Å². The van der Waals surface area contributed by atoms with Crippen LogP contribution in [0.2, 0.25) is 0 Å². The van der Waals surface area contributed by atoms with Crippen molar-refractivity contribution in [2.24, 2.45) is 0 Å². The van der Waals surface area contributed by atoms with Crippen LogP contribution < -0.4 is 5.32 Å². The van der Waals surface area contributed by atoms with E-state index >= 15 is 0 Å². The Balaban J connectivity index is 1.74. The first-order valence-corrected chi connectivity index (χ1v) is 8.76. The van der Waals surface area contributed by atoms with Crippen molar-refractivity contribution in [2.45, 2.75) is 6.92 Å². The molecule has 3 aromatic carbocycles. The van der Waals surface area contributed by atoms with Gasteiger partial charge in [-0.3, -0.25) is 4.79 Å². The SMILES string of the molecule is Cc1cccc(NC(=O)c2nc(-c3ccccc3)n(-c3ccc(F)cc3)n2)c1. The molecule has 28 heavy (non-hydrogen) atoms. The predicted molar refractivity (Wildman–Crippen MR) is 106 cm³/mol. The smallest absolute Gasteiger partial charge is 0.295 e. The van der Waals surface area contributed by atoms with Gasteiger partial charge in [0.2, 0.25) is 5.82 Å². The van der Waals surface area contributed by atoms with Crippen molar-refractivity contribution in [1.29, 1.82) is 0 Å². The molecule has 4 rings (SSSR count). The summed E-state index contributed by atoms with van der Waals surface area (Å²) in [5.74, 6) is -0.225. The molecule has 0 spiro atoms. The van der Waals surface area contributed by atoms with E-state index in [2.05, 4.69) is 15.4 Å². The van der Waals surface area contributed by atoms with Gasteiger partial charge in [-0.25, -0.2) is 14.1 Å². The molecule has 4 aromatic rings. The molecule has 5 nitrogen and oxygen atoms in total. The van der Waals surface area contributed by atoms with E-state index < -0.39 is 5.91 Å². The fourth-order valence-corrected chi connectivity index (χ4v) is 2.85. The van der Waals surface area contributed by atoms with Gasteiger partial charge in [-0.15, -0.1) is 5.10 Å². The number of nitrogens with zero attached hydrogens (tertiary/aromatic N) is 3. The minimum absolute atomic E-state index is 0.0321. The zero-order valence-electron chi connectivity index (χ0n) is 15.1. The normalized spacial score (nSPS) is 10.6. The van der Waals surface area contributed by atoms with Crippen LogP contribution in [0.25, 0.3) is 17.1 Å². The summed E-state index contributed by atoms with van der Waals surface area (Å²) in [6.45, 7) is 1.95. The molecule has 0 saturated heterocycles. The van der Waals surface area contributed by atoms with Crippen LogP contribution in [0.5, 0.6) is 0 Å². The highest BCUT2D eigenvalue weighted by molar-refractivity contribution is 6.01. The average molecular weight is 372 g/mol. The van der Waals surface area contributed by atoms with E-state index in [1.54, 1.807) is 22.9 Å². The minimum Gasteiger partial charge on any atom is -0.319 e. The van der Waals surface area contributed by atoms with Crippen LogP contribution in [-0.4, -0.2) is 20.7 Å². The number of hydrogen-bond donors (Lipinski definition) is 1. The molecule has 0 atom stereocenters. The third kappa shape index (κ3) is 3.66. The van der Waals surface area contributed by atoms with Crippen molar-refractivity contribution >= 4 is 11.6 Å². The Morgan fingerprint density at radius 1 is 0.964 bits per heavy atom. The Morgan fingerprint density at radius 2 is 1.71 bits per heavy atom. The molecule has 1 heterocycles. The topological polar surface area (TPSA) is 59.8 Å². The standard InChI is InChI=1S/C22H17FN4O/c1-15-6-5-9-18(14-15)24-22(28)20-25-21(16-7-3-2-4-8-16)27(26-20)19-12-10-17(23)11-13-19/h2-14H,1H3,(H,24,28). The molecule has 1 aromatic heterocycles. The lowest BCUT2D eigenvalue weighted by Gasteiger charge is -2.05. The van der Waals surface area contributed by atoms with Gasteiger partial charge in [0.15, 0.2) is 5.82 Å². The molecule has 6 heteroatoms. The summed E-state index contributed by atoms with van der Waals surface area (Å²) in [7, 11) is 0. The van der Waals surface area contributed by atoms with Gasteiger partial charge in [0.25, 0.3) is 5.91 Å². The molecule has 138 valence electrons. The fraction of sp³-hybridized carbons (Fsp3) is 0.0455. The number of benzene rings is 3. The first-order chi connectivity index (χ1) is 13.6. The maximum atomic E-state index is 13.3. The number of aryl methyl sites for hydroxylation is 1. The minimum atomic E-state index is -0.413. The van der Waals surface area contributed by atoms with Crippen molar-refractivity contribution in [3.8, 4) is 17.1 Å². The van der Waals surface area contributed by atoms with E-state index in [1.807, 2.05) is 55.5 Å². The first-order valence-electron chi connectivity index (χ1n) is 8.76. The lowest BCUT2D eigenvalue weighted by Crippen LogP contribution is -2.14. The zero-order valence-corrected chi connectivity index (χ0v) is 15.1. The van der Waals surface area contributed by atoms with Crippen LogP contribution in [0.1, 0.15) is 16.2 Å². The van der Waals surface area contributed by atoms with Crippen molar-refractivity contribution < 1.29 is 9.18 Å². The second-order valence-electron chi connectivity index (χ2n) is 6.34. The summed E-state index contributed by atoms with van der Waals surface area (Å²) in [4.78, 5) is 17.1. The quantitative estimate of drug-likeness (QED) is 0.568. The second-order valence-corrected chi connectivity index (χ2v) is 6.34. The van der Waals surface area contributed by atoms with Crippen LogP contribution in [0.15, 0.2) is 78.9 Å². The summed E-state index contributed by atoms with van der Waals surface area (Å²) >= 11 is 0. The van der Waals surface area contributed by atoms with Crippen LogP contribution in [-0.2, 0) is 0 Å². The number of nitrogens with one attached hydrogen (secondary N) is 1. The molecule has 0 bridgehead atoms. The van der Waals surface area contributed by atoms with Gasteiger partial charge in [-0.1, -0.05) is 42.5 Å². The van der Waals surface area contributed by atoms with Gasteiger partial charge in [-0.05, 0) is 48.9 Å². The van der Waals surface area contributed by atoms with Crippen molar-refractivity contribution in [3.05, 3.63) is 96.1 Å². The van der Waals surface area contributed by atoms with Gasteiger partial charge in [0.1, 0.15) is 5.82 Å². The molecule has 0 unspecified atom stereocenters. The van der Waals surface area contributed by atoms with E-state index in [-0.39, 0.29) is 11.6 Å². The molecule has 0 aliphatic carbocycles. The van der Waals surface area contributed by atoms with Crippen molar-refractivity contribution in [3.63, 3.8) is 0 Å². The second kappa shape index (κ2) is 7.44. The largest absolute Gasteiger partial charge is 0.319 e. The summed E-state index contributed by atoms with van der Waals surface area (Å²) in [6.07, 6.45) is 0. The molecule has 0 radical (unpaired) electrons. The number of carbonyl (C=O) groups is 1. The summed E-state index contributed by atoms with van der Waals surface area (Å²) in [6, 6.07) is 22.8. The lowest BCUT2D eigenvalue weighted by atomic mass is 10.2. The Kier molecular flexibility index (Phi) is 4.68. The number of hydrogen-bond acceptors (Lipinski definition) is 3. The number of anilines is 1. The zero-order chi connectivity index (χ0) is 19.5. The monoisotopic (exact) mass is 372 g/mol. The number of carbonyl (C=O) groups excluding carboxylic acids is 1. The summed E-state index contributed by atoms with van der Waals surface area (Å²) in [5, 5.41) is 7.19. The lowest BCUT2D eigenvalue weighted by molar-refractivity contribution is 0.101. The Labute approximate surface area is 161 Å². The van der Waals surface area contributed by atoms with Crippen LogP contribution in [0.3, 0.4) is 0 Å². The van der Waals surface area contributed by atoms with Gasteiger partial charge >= 0.3 is 0 Å². The first kappa shape index (κ1) is 17.6. The predicted octanol–water partition coefficient (Wildman–Crippen LogP) is 4.63. The maximum Gasteiger partial charge on any atom is 0.295 e. The van der Waals surface area contributed by atoms with E-state index in [1.165, 1.54) is 12.1 Å². The molecule has 0 saturated carbocycles. The highest BCUT2D eigenvalue weighted by Gasteiger charge is 2.19. The van der Waals surface area contributed by atoms with E-state index in [4.69, 9.17) is 0 Å². The number of rotatable bonds is 4. The highest BCUT2D eigenvalue weighted by atomic mass is 19.1. The maximum absolute atomic E-state index is 13.3. The molecular formula is C22H17FN4O. The third-order valence-corrected chi connectivity index (χ3v) is 4.19. The number of halogens is 1. The van der Waals surface area contributed by atoms with E-state index in [9.17, 15) is 9.18 Å². The van der Waals surface area contributed by atoms with Gasteiger partial charge in [0, 0.05) is 11.3 Å². The summed E-state index contributed by atoms with van der Waals surface area (Å²) in [5.41, 5.74) is 3.12. The molecule has 0 fully saturated rings. The average Bonchev–Trinajstić information content (AvgIpc) is 3.15. The molecule has 0 aliphatic heterocycles. The Hall–Kier alpha value is -3.80. The van der Waals surface area contributed by atoms with Crippen molar-refractivity contribution in [1.82, 2.24) is 14.8 Å². The number of amides is 1. The van der Waals surface area contributed by atoms with E-state index in [0.717, 1.165) is 11.1 Å². The van der Waals surface area contributed by atoms with Gasteiger partial charge in [0.05, 0.1) is 5.69 Å². The Bertz CT molecular complexity index is 1120. The molecule has 0 aliphatic rings. The Morgan fingerprint density at radius 3 is 2.43 bits per heavy atom. The molecule has 1 N–H and O–H groups in total. The molecular weight excluding hydrogens is 355 g/mol. The van der Waals surface area contributed by atoms with E-state index in [0.29, 0.717) is 17.2 Å². The summed E-state index contributed by atoms with van der Waals surface area (Å²) < 4.78 is 14.9.